The molecule has 0 spiro atoms. The molecule has 4 aromatic rings. The number of hydrogen-bond acceptors (Lipinski definition) is 7. The van der Waals surface area contributed by atoms with Gasteiger partial charge in [-0.3, -0.25) is 9.69 Å². The van der Waals surface area contributed by atoms with E-state index in [4.69, 9.17) is 9.47 Å². The second-order valence-electron chi connectivity index (χ2n) is 13.7. The summed E-state index contributed by atoms with van der Waals surface area (Å²) < 4.78 is 85.1. The number of rotatable bonds is 11. The number of halogens is 10. The van der Waals surface area contributed by atoms with Crippen molar-refractivity contribution in [1.82, 2.24) is 20.9 Å². The largest absolute Gasteiger partial charge is 0.497 e. The summed E-state index contributed by atoms with van der Waals surface area (Å²) >= 11 is 0. The molecule has 3 N–H and O–H groups in total. The van der Waals surface area contributed by atoms with E-state index in [2.05, 4.69) is 52.9 Å². The molecule has 2 aliphatic heterocycles. The van der Waals surface area contributed by atoms with Crippen molar-refractivity contribution in [3.05, 3.63) is 130 Å². The van der Waals surface area contributed by atoms with Gasteiger partial charge >= 0.3 is 12.4 Å². The minimum Gasteiger partial charge on any atom is -0.497 e. The third-order valence-electron chi connectivity index (χ3n) is 9.50. The number of benzene rings is 4. The summed E-state index contributed by atoms with van der Waals surface area (Å²) in [7, 11) is 3.36. The second-order valence-corrected chi connectivity index (χ2v) is 13.7. The van der Waals surface area contributed by atoms with Gasteiger partial charge in [0.1, 0.15) is 17.8 Å². The molecule has 63 heavy (non-hydrogen) atoms. The fourth-order valence-corrected chi connectivity index (χ4v) is 6.52. The van der Waals surface area contributed by atoms with E-state index < -0.39 is 23.5 Å². The molecular formula is C44H66Cl4F6N4O3S2. The maximum Gasteiger partial charge on any atom is 0.416 e. The highest BCUT2D eigenvalue weighted by Gasteiger charge is 2.31. The van der Waals surface area contributed by atoms with Gasteiger partial charge in [0.25, 0.3) is 0 Å². The Bertz CT molecular complexity index is 1820. The molecule has 2 fully saturated rings. The summed E-state index contributed by atoms with van der Waals surface area (Å²) in [6, 6.07) is 27.6. The minimum atomic E-state index is -4.38. The number of ether oxygens (including phenoxy) is 2. The number of hydrogen-bond donors (Lipinski definition) is 3. The highest BCUT2D eigenvalue weighted by Crippen LogP contribution is 2.31. The first-order chi connectivity index (χ1) is 26.2. The highest BCUT2D eigenvalue weighted by molar-refractivity contribution is 7.59. The fourth-order valence-electron chi connectivity index (χ4n) is 6.52. The summed E-state index contributed by atoms with van der Waals surface area (Å²) in [5.74, 6) is 1.76. The van der Waals surface area contributed by atoms with E-state index in [-0.39, 0.29) is 103 Å². The zero-order chi connectivity index (χ0) is 40.0. The van der Waals surface area contributed by atoms with Gasteiger partial charge in [0.2, 0.25) is 0 Å². The summed E-state index contributed by atoms with van der Waals surface area (Å²) in [6.45, 7) is 8.76. The van der Waals surface area contributed by atoms with Gasteiger partial charge in [-0.1, -0.05) is 69.5 Å². The molecular weight excluding hydrogens is 952 g/mol. The zero-order valence-corrected chi connectivity index (χ0v) is 39.4. The van der Waals surface area contributed by atoms with E-state index in [0.29, 0.717) is 36.5 Å². The molecule has 362 valence electrons. The number of nitrogens with one attached hydrogen (secondary N) is 3. The predicted molar refractivity (Wildman–Crippen MR) is 266 cm³/mol. The number of alkyl halides is 6. The maximum absolute atomic E-state index is 12.9. The molecule has 2 aliphatic rings. The molecule has 7 nitrogen and oxygen atoms in total. The molecule has 0 radical (unpaired) electrons. The van der Waals surface area contributed by atoms with Crippen molar-refractivity contribution in [1.29, 1.82) is 0 Å². The van der Waals surface area contributed by atoms with Crippen molar-refractivity contribution < 1.29 is 40.6 Å². The van der Waals surface area contributed by atoms with E-state index in [9.17, 15) is 31.1 Å². The van der Waals surface area contributed by atoms with Crippen LogP contribution in [0.15, 0.2) is 97.1 Å². The summed E-state index contributed by atoms with van der Waals surface area (Å²) in [4.78, 5) is 12.3. The number of nitrogens with zero attached hydrogens (tertiary/aromatic N) is 1. The van der Waals surface area contributed by atoms with Crippen LogP contribution >= 0.6 is 76.6 Å². The third-order valence-corrected chi connectivity index (χ3v) is 9.50. The van der Waals surface area contributed by atoms with Crippen molar-refractivity contribution in [2.24, 2.45) is 0 Å². The van der Waals surface area contributed by atoms with Gasteiger partial charge in [0, 0.05) is 55.9 Å². The Balaban J connectivity index is -0.000000271. The molecule has 4 aromatic carbocycles. The maximum atomic E-state index is 12.9. The average molecular weight is 1020 g/mol. The van der Waals surface area contributed by atoms with Gasteiger partial charge in [0.05, 0.1) is 25.3 Å². The smallest absolute Gasteiger partial charge is 0.416 e. The van der Waals surface area contributed by atoms with Crippen LogP contribution in [0.5, 0.6) is 11.5 Å². The molecule has 0 aromatic heterocycles. The quantitative estimate of drug-likeness (QED) is 0.102. The topological polar surface area (TPSA) is 74.9 Å². The van der Waals surface area contributed by atoms with Crippen LogP contribution in [0.3, 0.4) is 0 Å². The van der Waals surface area contributed by atoms with Crippen molar-refractivity contribution in [2.75, 3.05) is 40.4 Å². The van der Waals surface area contributed by atoms with Crippen LogP contribution in [-0.2, 0) is 18.9 Å². The zero-order valence-electron chi connectivity index (χ0n) is 34.1. The number of aldehydes is 1. The number of methoxy groups -OCH3 is 2. The first-order valence-electron chi connectivity index (χ1n) is 18.2. The highest BCUT2D eigenvalue weighted by atomic mass is 35.5. The Kier molecular flexibility index (Phi) is 37.3. The first kappa shape index (κ1) is 69.5. The van der Waals surface area contributed by atoms with Crippen molar-refractivity contribution in [2.45, 2.75) is 84.6 Å². The van der Waals surface area contributed by atoms with Crippen LogP contribution in [0, 0.1) is 0 Å². The van der Waals surface area contributed by atoms with Crippen molar-refractivity contribution in [3.8, 4) is 11.5 Å². The molecule has 0 unspecified atom stereocenters. The molecule has 4 atom stereocenters. The summed E-state index contributed by atoms with van der Waals surface area (Å²) in [6.07, 6.45) is -6.09. The van der Waals surface area contributed by atoms with Gasteiger partial charge in [0.15, 0.2) is 0 Å². The van der Waals surface area contributed by atoms with Crippen LogP contribution in [0.25, 0.3) is 0 Å². The molecule has 0 bridgehead atoms. The van der Waals surface area contributed by atoms with E-state index in [1.165, 1.54) is 36.2 Å². The van der Waals surface area contributed by atoms with Crippen LogP contribution in [0.1, 0.15) is 91.8 Å². The lowest BCUT2D eigenvalue weighted by Crippen LogP contribution is -2.34. The van der Waals surface area contributed by atoms with Crippen LogP contribution in [0.4, 0.5) is 26.3 Å². The van der Waals surface area contributed by atoms with Crippen LogP contribution in [0.2, 0.25) is 0 Å². The van der Waals surface area contributed by atoms with Gasteiger partial charge in [-0.15, -0.1) is 49.6 Å². The number of likely N-dealkylation sites (tertiary alicyclic amines) is 1. The van der Waals surface area contributed by atoms with Crippen LogP contribution in [-0.4, -0.2) is 63.7 Å². The first-order valence-corrected chi connectivity index (χ1v) is 18.2. The Morgan fingerprint density at radius 2 is 1.17 bits per heavy atom. The van der Waals surface area contributed by atoms with Gasteiger partial charge in [-0.25, -0.2) is 0 Å². The lowest BCUT2D eigenvalue weighted by molar-refractivity contribution is -0.138. The molecule has 0 saturated carbocycles. The van der Waals surface area contributed by atoms with Crippen molar-refractivity contribution >= 4 is 82.9 Å². The van der Waals surface area contributed by atoms with Gasteiger partial charge in [-0.2, -0.15) is 53.3 Å². The standard InChI is InChI=1S/C21H25F3N2O.C13H20N2O.C8H5F3O.2CH4.4ClH.2H2S/c1-15(17-6-4-8-20(12-17)27-2)25-19-9-10-26(14-19)13-16-5-3-7-18(11-16)21(22,23)24;1-10(15-12-6-7-14-9-12)11-4-3-5-13(8-11)16-2;9-8(10,11)7-3-1-2-6(4-7)5-12;;;;;;;;/h3-8,11-12,15,19,25H,9-10,13-14H2,1-2H3;3-5,8,10,12,14-15H,6-7,9H2,1-2H3;1-5H;2*1H4;4*1H;2*1H2/t15-,19+;10-,12+;;;;;;;;;/m11........./s1. The number of carbonyl (C=O) groups excluding carboxylic acids is 1. The molecule has 2 heterocycles. The normalized spacial score (nSPS) is 16.0. The van der Waals surface area contributed by atoms with E-state index >= 15 is 0 Å². The lowest BCUT2D eigenvalue weighted by atomic mass is 10.1. The van der Waals surface area contributed by atoms with E-state index in [1.54, 1.807) is 20.3 Å². The molecule has 6 rings (SSSR count). The average Bonchev–Trinajstić information content (AvgIpc) is 3.87. The Morgan fingerprint density at radius 3 is 1.63 bits per heavy atom. The molecule has 19 heteroatoms. The lowest BCUT2D eigenvalue weighted by Gasteiger charge is -2.21. The minimum absolute atomic E-state index is 0. The summed E-state index contributed by atoms with van der Waals surface area (Å²) in [5.41, 5.74) is 1.79. The SMILES string of the molecule is C.C.COc1cccc([C@@H](C)N[C@H]2CCN(Cc3cccc(C(F)(F)F)c3)C2)c1.COc1cccc([C@@H](C)N[C@H]2CCNC2)c1.Cl.Cl.Cl.Cl.O=Cc1cccc(C(F)(F)F)c1.S.S. The number of carbonyl (C=O) groups is 1. The fraction of sp³-hybridized carbons (Fsp3) is 0.432. The van der Waals surface area contributed by atoms with E-state index in [1.807, 2.05) is 30.3 Å². The molecule has 2 saturated heterocycles. The molecule has 0 amide bonds. The van der Waals surface area contributed by atoms with Crippen molar-refractivity contribution in [3.63, 3.8) is 0 Å². The van der Waals surface area contributed by atoms with Gasteiger partial charge < -0.3 is 25.4 Å². The van der Waals surface area contributed by atoms with Crippen LogP contribution < -0.4 is 25.4 Å². The van der Waals surface area contributed by atoms with E-state index in [0.717, 1.165) is 67.9 Å². The Morgan fingerprint density at radius 1 is 0.698 bits per heavy atom. The third kappa shape index (κ3) is 23.4. The second kappa shape index (κ2) is 33.8. The monoisotopic (exact) mass is 1020 g/mol. The Hall–Kier alpha value is -2.57. The predicted octanol–water partition coefficient (Wildman–Crippen LogP) is 12.0. The summed E-state index contributed by atoms with van der Waals surface area (Å²) in [5, 5.41) is 10.6. The molecule has 0 aliphatic carbocycles. The Labute approximate surface area is 409 Å². The van der Waals surface area contributed by atoms with Gasteiger partial charge in [-0.05, 0) is 92.4 Å².